The zero-order chi connectivity index (χ0) is 16.1. The molecule has 6 heteroatoms. The normalized spacial score (nSPS) is 14.6. The molecule has 0 atom stereocenters. The van der Waals surface area contributed by atoms with Crippen LogP contribution >= 0.6 is 15.9 Å². The Morgan fingerprint density at radius 2 is 1.96 bits per heavy atom. The van der Waals surface area contributed by atoms with Crippen LogP contribution < -0.4 is 10.2 Å². The van der Waals surface area contributed by atoms with Gasteiger partial charge in [-0.15, -0.1) is 0 Å². The minimum absolute atomic E-state index is 0.135. The number of halogens is 1. The maximum Gasteiger partial charge on any atom is 0.252 e. The molecular formula is C17H19BrN4O. The van der Waals surface area contributed by atoms with E-state index >= 15 is 0 Å². The van der Waals surface area contributed by atoms with E-state index in [0.717, 1.165) is 23.4 Å². The zero-order valence-corrected chi connectivity index (χ0v) is 14.4. The molecule has 1 fully saturated rings. The van der Waals surface area contributed by atoms with Crippen molar-refractivity contribution in [1.82, 2.24) is 15.3 Å². The van der Waals surface area contributed by atoms with Gasteiger partial charge in [0.25, 0.3) is 5.91 Å². The Morgan fingerprint density at radius 3 is 2.74 bits per heavy atom. The van der Waals surface area contributed by atoms with Crippen LogP contribution in [0.3, 0.4) is 0 Å². The molecule has 120 valence electrons. The molecule has 23 heavy (non-hydrogen) atoms. The number of benzene rings is 1. The molecule has 0 bridgehead atoms. The van der Waals surface area contributed by atoms with Gasteiger partial charge >= 0.3 is 0 Å². The first kappa shape index (κ1) is 15.9. The summed E-state index contributed by atoms with van der Waals surface area (Å²) in [5, 5.41) is 2.87. The fraction of sp³-hybridized carbons (Fsp3) is 0.353. The summed E-state index contributed by atoms with van der Waals surface area (Å²) in [5.41, 5.74) is 0.611. The maximum atomic E-state index is 12.2. The van der Waals surface area contributed by atoms with Crippen molar-refractivity contribution in [1.29, 1.82) is 0 Å². The van der Waals surface area contributed by atoms with Gasteiger partial charge in [-0.05, 0) is 53.4 Å². The van der Waals surface area contributed by atoms with Gasteiger partial charge in [0.1, 0.15) is 11.6 Å². The predicted octanol–water partition coefficient (Wildman–Crippen LogP) is 3.16. The van der Waals surface area contributed by atoms with Crippen LogP contribution in [0.2, 0.25) is 0 Å². The third kappa shape index (κ3) is 4.07. The number of piperidine rings is 1. The second kappa shape index (κ2) is 7.55. The van der Waals surface area contributed by atoms with Gasteiger partial charge in [-0.2, -0.15) is 0 Å². The van der Waals surface area contributed by atoms with Gasteiger partial charge in [0.15, 0.2) is 0 Å². The van der Waals surface area contributed by atoms with Gasteiger partial charge in [0.05, 0.1) is 12.1 Å². The van der Waals surface area contributed by atoms with Crippen LogP contribution in [0.1, 0.15) is 35.4 Å². The molecule has 1 aromatic heterocycles. The van der Waals surface area contributed by atoms with E-state index < -0.39 is 0 Å². The van der Waals surface area contributed by atoms with Crippen molar-refractivity contribution in [2.75, 3.05) is 18.0 Å². The van der Waals surface area contributed by atoms with Gasteiger partial charge in [-0.25, -0.2) is 9.97 Å². The van der Waals surface area contributed by atoms with Crippen LogP contribution in [0.4, 0.5) is 5.82 Å². The summed E-state index contributed by atoms with van der Waals surface area (Å²) in [4.78, 5) is 23.3. The van der Waals surface area contributed by atoms with Crippen molar-refractivity contribution in [3.8, 4) is 0 Å². The van der Waals surface area contributed by atoms with Crippen LogP contribution in [0.25, 0.3) is 0 Å². The van der Waals surface area contributed by atoms with Crippen molar-refractivity contribution in [2.45, 2.75) is 25.8 Å². The number of anilines is 1. The van der Waals surface area contributed by atoms with E-state index in [2.05, 4.69) is 36.1 Å². The summed E-state index contributed by atoms with van der Waals surface area (Å²) >= 11 is 3.39. The number of nitrogens with zero attached hydrogens (tertiary/aromatic N) is 3. The van der Waals surface area contributed by atoms with Crippen LogP contribution in [0, 0.1) is 0 Å². The molecule has 5 nitrogen and oxygen atoms in total. The Kier molecular flexibility index (Phi) is 5.23. The molecule has 0 unspecified atom stereocenters. The average Bonchev–Trinajstić information content (AvgIpc) is 2.61. The SMILES string of the molecule is O=C(NCc1nccc(N2CCCCC2)n1)c1ccccc1Br. The third-order valence-electron chi connectivity index (χ3n) is 3.90. The largest absolute Gasteiger partial charge is 0.357 e. The van der Waals surface area contributed by atoms with E-state index in [0.29, 0.717) is 17.9 Å². The number of carbonyl (C=O) groups excluding carboxylic acids is 1. The van der Waals surface area contributed by atoms with Gasteiger partial charge in [-0.3, -0.25) is 4.79 Å². The molecule has 1 N–H and O–H groups in total. The Morgan fingerprint density at radius 1 is 1.17 bits per heavy atom. The number of carbonyl (C=O) groups is 1. The number of hydrogen-bond donors (Lipinski definition) is 1. The second-order valence-corrected chi connectivity index (χ2v) is 6.40. The average molecular weight is 375 g/mol. The Labute approximate surface area is 144 Å². The number of amides is 1. The van der Waals surface area contributed by atoms with E-state index in [-0.39, 0.29) is 5.91 Å². The first-order valence-electron chi connectivity index (χ1n) is 7.83. The molecule has 3 rings (SSSR count). The summed E-state index contributed by atoms with van der Waals surface area (Å²) in [6.07, 6.45) is 5.46. The van der Waals surface area contributed by atoms with Gasteiger partial charge in [0.2, 0.25) is 0 Å². The van der Waals surface area contributed by atoms with Crippen molar-refractivity contribution in [3.63, 3.8) is 0 Å². The molecule has 1 aromatic carbocycles. The third-order valence-corrected chi connectivity index (χ3v) is 4.59. The van der Waals surface area contributed by atoms with Crippen LogP contribution in [-0.4, -0.2) is 29.0 Å². The molecule has 2 aromatic rings. The molecule has 0 radical (unpaired) electrons. The minimum Gasteiger partial charge on any atom is -0.357 e. The van der Waals surface area contributed by atoms with Gasteiger partial charge in [0, 0.05) is 23.8 Å². The zero-order valence-electron chi connectivity index (χ0n) is 12.8. The molecule has 1 saturated heterocycles. The summed E-state index contributed by atoms with van der Waals surface area (Å²) in [6.45, 7) is 2.40. The summed E-state index contributed by atoms with van der Waals surface area (Å²) < 4.78 is 0.778. The molecule has 0 saturated carbocycles. The van der Waals surface area contributed by atoms with E-state index in [9.17, 15) is 4.79 Å². The predicted molar refractivity (Wildman–Crippen MR) is 93.4 cm³/mol. The van der Waals surface area contributed by atoms with E-state index in [1.54, 1.807) is 12.3 Å². The Bertz CT molecular complexity index is 686. The van der Waals surface area contributed by atoms with Gasteiger partial charge in [-0.1, -0.05) is 12.1 Å². The number of aromatic nitrogens is 2. The lowest BCUT2D eigenvalue weighted by molar-refractivity contribution is 0.0949. The first-order valence-corrected chi connectivity index (χ1v) is 8.63. The Balaban J connectivity index is 1.64. The van der Waals surface area contributed by atoms with Crippen molar-refractivity contribution in [3.05, 3.63) is 52.4 Å². The van der Waals surface area contributed by atoms with Crippen LogP contribution in [-0.2, 0) is 6.54 Å². The standard InChI is InChI=1S/C17H19BrN4O/c18-14-7-3-2-6-13(14)17(23)20-12-15-19-9-8-16(21-15)22-10-4-1-5-11-22/h2-3,6-9H,1,4-5,10-12H2,(H,20,23). The monoisotopic (exact) mass is 374 g/mol. The summed E-state index contributed by atoms with van der Waals surface area (Å²) in [5.74, 6) is 1.45. The van der Waals surface area contributed by atoms with E-state index in [4.69, 9.17) is 0 Å². The molecule has 1 amide bonds. The summed E-state index contributed by atoms with van der Waals surface area (Å²) in [7, 11) is 0. The molecule has 2 heterocycles. The van der Waals surface area contributed by atoms with Crippen molar-refractivity contribution >= 4 is 27.7 Å². The van der Waals surface area contributed by atoms with Crippen LogP contribution in [0.5, 0.6) is 0 Å². The number of nitrogens with one attached hydrogen (secondary N) is 1. The first-order chi connectivity index (χ1) is 11.2. The molecule has 1 aliphatic heterocycles. The molecule has 1 aliphatic rings. The highest BCUT2D eigenvalue weighted by molar-refractivity contribution is 9.10. The van der Waals surface area contributed by atoms with E-state index in [1.165, 1.54) is 19.3 Å². The lowest BCUT2D eigenvalue weighted by Crippen LogP contribution is -2.31. The number of hydrogen-bond acceptors (Lipinski definition) is 4. The van der Waals surface area contributed by atoms with Crippen molar-refractivity contribution < 1.29 is 4.79 Å². The highest BCUT2D eigenvalue weighted by Gasteiger charge is 2.13. The fourth-order valence-electron chi connectivity index (χ4n) is 2.67. The maximum absolute atomic E-state index is 12.2. The van der Waals surface area contributed by atoms with E-state index in [1.807, 2.05) is 24.3 Å². The quantitative estimate of drug-likeness (QED) is 0.892. The second-order valence-electron chi connectivity index (χ2n) is 5.54. The summed E-state index contributed by atoms with van der Waals surface area (Å²) in [6, 6.07) is 9.29. The molecular weight excluding hydrogens is 356 g/mol. The minimum atomic E-state index is -0.135. The lowest BCUT2D eigenvalue weighted by atomic mass is 10.1. The van der Waals surface area contributed by atoms with Crippen LogP contribution in [0.15, 0.2) is 41.0 Å². The highest BCUT2D eigenvalue weighted by atomic mass is 79.9. The smallest absolute Gasteiger partial charge is 0.252 e. The Hall–Kier alpha value is -1.95. The molecule has 0 aliphatic carbocycles. The fourth-order valence-corrected chi connectivity index (χ4v) is 3.14. The lowest BCUT2D eigenvalue weighted by Gasteiger charge is -2.27. The number of rotatable bonds is 4. The highest BCUT2D eigenvalue weighted by Crippen LogP contribution is 2.17. The molecule has 0 spiro atoms. The van der Waals surface area contributed by atoms with Gasteiger partial charge < -0.3 is 10.2 Å². The van der Waals surface area contributed by atoms with Crippen molar-refractivity contribution in [2.24, 2.45) is 0 Å². The topological polar surface area (TPSA) is 58.1 Å².